The fraction of sp³-hybridized carbons (Fsp3) is 0.350. The number of pyridine rings is 1. The first-order valence-corrected chi connectivity index (χ1v) is 8.68. The van der Waals surface area contributed by atoms with Gasteiger partial charge in [-0.3, -0.25) is 9.78 Å². The van der Waals surface area contributed by atoms with E-state index in [1.165, 1.54) is 18.3 Å². The van der Waals surface area contributed by atoms with Crippen LogP contribution in [-0.4, -0.2) is 29.1 Å². The Labute approximate surface area is 158 Å². The van der Waals surface area contributed by atoms with E-state index in [-0.39, 0.29) is 18.1 Å². The number of nitrogens with zero attached hydrogens (tertiary/aromatic N) is 1. The summed E-state index contributed by atoms with van der Waals surface area (Å²) in [5.74, 6) is -0.776. The Morgan fingerprint density at radius 2 is 1.93 bits per heavy atom. The van der Waals surface area contributed by atoms with Gasteiger partial charge in [-0.2, -0.15) is 0 Å². The van der Waals surface area contributed by atoms with Crippen LogP contribution in [0.25, 0.3) is 0 Å². The molecule has 0 bridgehead atoms. The highest BCUT2D eigenvalue weighted by Gasteiger charge is 2.15. The van der Waals surface area contributed by atoms with Crippen molar-refractivity contribution in [3.63, 3.8) is 0 Å². The summed E-state index contributed by atoms with van der Waals surface area (Å²) < 4.78 is 18.7. The van der Waals surface area contributed by atoms with Crippen molar-refractivity contribution in [3.05, 3.63) is 65.2 Å². The van der Waals surface area contributed by atoms with Crippen molar-refractivity contribution >= 4 is 12.0 Å². The number of carbonyl (C=O) groups is 2. The van der Waals surface area contributed by atoms with Gasteiger partial charge in [-0.1, -0.05) is 12.1 Å². The standard InChI is InChI=1S/C20H24FN3O3/c1-20(2,3)27-19(26)23-11-9-14-6-4-7-15(12-14)18(25)24-13-17-16(21)8-5-10-22-17/h4-8,10,12H,9,11,13H2,1-3H3,(H,23,26)(H,24,25). The molecule has 0 aliphatic carbocycles. The highest BCUT2D eigenvalue weighted by Crippen LogP contribution is 2.09. The minimum atomic E-state index is -0.546. The topological polar surface area (TPSA) is 80.3 Å². The van der Waals surface area contributed by atoms with E-state index < -0.39 is 17.5 Å². The van der Waals surface area contributed by atoms with Crippen molar-refractivity contribution in [3.8, 4) is 0 Å². The van der Waals surface area contributed by atoms with Crippen molar-refractivity contribution < 1.29 is 18.7 Å². The van der Waals surface area contributed by atoms with Gasteiger partial charge in [-0.05, 0) is 57.0 Å². The molecule has 27 heavy (non-hydrogen) atoms. The Hall–Kier alpha value is -2.96. The van der Waals surface area contributed by atoms with Crippen molar-refractivity contribution in [2.24, 2.45) is 0 Å². The first kappa shape index (κ1) is 20.4. The molecule has 2 rings (SSSR count). The minimum Gasteiger partial charge on any atom is -0.444 e. The Bertz CT molecular complexity index is 803. The van der Waals surface area contributed by atoms with Crippen LogP contribution < -0.4 is 10.6 Å². The molecule has 6 nitrogen and oxygen atoms in total. The van der Waals surface area contributed by atoms with Crippen molar-refractivity contribution in [2.75, 3.05) is 6.54 Å². The number of carbonyl (C=O) groups excluding carboxylic acids is 2. The van der Waals surface area contributed by atoms with Gasteiger partial charge in [0, 0.05) is 18.3 Å². The summed E-state index contributed by atoms with van der Waals surface area (Å²) in [6, 6.07) is 9.84. The number of halogens is 1. The summed E-state index contributed by atoms with van der Waals surface area (Å²) in [7, 11) is 0. The molecule has 2 amide bonds. The molecule has 0 atom stereocenters. The first-order valence-electron chi connectivity index (χ1n) is 8.68. The SMILES string of the molecule is CC(C)(C)OC(=O)NCCc1cccc(C(=O)NCc2ncccc2F)c1. The first-order chi connectivity index (χ1) is 12.7. The number of ether oxygens (including phenoxy) is 1. The van der Waals surface area contributed by atoms with E-state index in [4.69, 9.17) is 4.74 Å². The van der Waals surface area contributed by atoms with Gasteiger partial charge in [0.05, 0.1) is 12.2 Å². The highest BCUT2D eigenvalue weighted by molar-refractivity contribution is 5.94. The molecule has 1 heterocycles. The van der Waals surface area contributed by atoms with E-state index in [9.17, 15) is 14.0 Å². The second-order valence-electron chi connectivity index (χ2n) is 6.99. The zero-order valence-electron chi connectivity index (χ0n) is 15.7. The quantitative estimate of drug-likeness (QED) is 0.815. The Morgan fingerprint density at radius 1 is 1.15 bits per heavy atom. The molecule has 0 radical (unpaired) electrons. The fourth-order valence-corrected chi connectivity index (χ4v) is 2.31. The monoisotopic (exact) mass is 373 g/mol. The normalized spacial score (nSPS) is 11.0. The summed E-state index contributed by atoms with van der Waals surface area (Å²) >= 11 is 0. The van der Waals surface area contributed by atoms with Crippen LogP contribution in [0.2, 0.25) is 0 Å². The average molecular weight is 373 g/mol. The van der Waals surface area contributed by atoms with E-state index in [0.29, 0.717) is 18.5 Å². The molecule has 7 heteroatoms. The summed E-state index contributed by atoms with van der Waals surface area (Å²) in [6.45, 7) is 5.79. The maximum atomic E-state index is 13.6. The predicted molar refractivity (Wildman–Crippen MR) is 99.7 cm³/mol. The van der Waals surface area contributed by atoms with Crippen molar-refractivity contribution in [2.45, 2.75) is 39.3 Å². The van der Waals surface area contributed by atoms with E-state index in [1.54, 1.807) is 39.0 Å². The molecule has 2 aromatic rings. The number of benzene rings is 1. The van der Waals surface area contributed by atoms with Crippen LogP contribution >= 0.6 is 0 Å². The number of hydrogen-bond acceptors (Lipinski definition) is 4. The molecule has 2 N–H and O–H groups in total. The molecule has 1 aromatic heterocycles. The van der Waals surface area contributed by atoms with Gasteiger partial charge in [-0.15, -0.1) is 0 Å². The van der Waals surface area contributed by atoms with Crippen molar-refractivity contribution in [1.29, 1.82) is 0 Å². The zero-order valence-corrected chi connectivity index (χ0v) is 15.7. The summed E-state index contributed by atoms with van der Waals surface area (Å²) in [5, 5.41) is 5.33. The average Bonchev–Trinajstić information content (AvgIpc) is 2.59. The lowest BCUT2D eigenvalue weighted by atomic mass is 10.1. The van der Waals surface area contributed by atoms with Crippen LogP contribution in [0, 0.1) is 5.82 Å². The third kappa shape index (κ3) is 7.05. The van der Waals surface area contributed by atoms with Crippen LogP contribution in [0.1, 0.15) is 42.4 Å². The number of amides is 2. The molecular weight excluding hydrogens is 349 g/mol. The maximum Gasteiger partial charge on any atom is 0.407 e. The summed E-state index contributed by atoms with van der Waals surface area (Å²) in [4.78, 5) is 27.8. The number of aromatic nitrogens is 1. The van der Waals surface area contributed by atoms with Gasteiger partial charge < -0.3 is 15.4 Å². The number of hydrogen-bond donors (Lipinski definition) is 2. The van der Waals surface area contributed by atoms with Gasteiger partial charge in [0.2, 0.25) is 0 Å². The third-order valence-corrected chi connectivity index (χ3v) is 3.52. The molecule has 0 aliphatic rings. The fourth-order valence-electron chi connectivity index (χ4n) is 2.31. The molecule has 0 saturated heterocycles. The third-order valence-electron chi connectivity index (χ3n) is 3.52. The van der Waals surface area contributed by atoms with Crippen LogP contribution in [0.4, 0.5) is 9.18 Å². The number of rotatable bonds is 6. The Balaban J connectivity index is 1.86. The predicted octanol–water partition coefficient (Wildman–Crippen LogP) is 3.22. The van der Waals surface area contributed by atoms with Gasteiger partial charge in [-0.25, -0.2) is 9.18 Å². The molecular formula is C20H24FN3O3. The van der Waals surface area contributed by atoms with Crippen LogP contribution in [0.15, 0.2) is 42.6 Å². The number of alkyl carbamates (subject to hydrolysis) is 1. The van der Waals surface area contributed by atoms with Gasteiger partial charge in [0.15, 0.2) is 0 Å². The zero-order chi connectivity index (χ0) is 19.9. The van der Waals surface area contributed by atoms with Gasteiger partial charge in [0.1, 0.15) is 11.4 Å². The lowest BCUT2D eigenvalue weighted by Gasteiger charge is -2.19. The van der Waals surface area contributed by atoms with E-state index in [1.807, 2.05) is 6.07 Å². The highest BCUT2D eigenvalue weighted by atomic mass is 19.1. The second kappa shape index (κ2) is 9.12. The molecule has 0 saturated carbocycles. The number of nitrogens with one attached hydrogen (secondary N) is 2. The molecule has 1 aromatic carbocycles. The Morgan fingerprint density at radius 3 is 2.63 bits per heavy atom. The van der Waals surface area contributed by atoms with E-state index in [2.05, 4.69) is 15.6 Å². The molecule has 0 unspecified atom stereocenters. The summed E-state index contributed by atoms with van der Waals surface area (Å²) in [6.07, 6.45) is 1.55. The largest absolute Gasteiger partial charge is 0.444 e. The lowest BCUT2D eigenvalue weighted by Crippen LogP contribution is -2.33. The minimum absolute atomic E-state index is 0.00985. The smallest absolute Gasteiger partial charge is 0.407 e. The molecule has 0 spiro atoms. The van der Waals surface area contributed by atoms with Crippen LogP contribution in [-0.2, 0) is 17.7 Å². The lowest BCUT2D eigenvalue weighted by molar-refractivity contribution is 0.0528. The van der Waals surface area contributed by atoms with Crippen LogP contribution in [0.5, 0.6) is 0 Å². The molecule has 0 aliphatic heterocycles. The second-order valence-corrected chi connectivity index (χ2v) is 6.99. The van der Waals surface area contributed by atoms with Crippen LogP contribution in [0.3, 0.4) is 0 Å². The van der Waals surface area contributed by atoms with Gasteiger partial charge >= 0.3 is 6.09 Å². The van der Waals surface area contributed by atoms with E-state index in [0.717, 1.165) is 5.56 Å². The maximum absolute atomic E-state index is 13.6. The molecule has 0 fully saturated rings. The summed E-state index contributed by atoms with van der Waals surface area (Å²) in [5.41, 5.74) is 0.988. The Kier molecular flexibility index (Phi) is 6.87. The van der Waals surface area contributed by atoms with Crippen molar-refractivity contribution in [1.82, 2.24) is 15.6 Å². The van der Waals surface area contributed by atoms with E-state index >= 15 is 0 Å². The molecule has 144 valence electrons. The van der Waals surface area contributed by atoms with Gasteiger partial charge in [0.25, 0.3) is 5.91 Å².